The maximum Gasteiger partial charge on any atom is 0.238 e. The maximum absolute atomic E-state index is 10.3. The van der Waals surface area contributed by atoms with Crippen LogP contribution in [0.2, 0.25) is 0 Å². The summed E-state index contributed by atoms with van der Waals surface area (Å²) in [6, 6.07) is -0.392. The molecule has 1 saturated carbocycles. The average Bonchev–Trinajstić information content (AvgIpc) is 2.43. The number of hydrogen-bond donors (Lipinski definition) is 1. The summed E-state index contributed by atoms with van der Waals surface area (Å²) in [7, 11) is 0. The number of halogens is 2. The molecule has 0 unspecified atom stereocenters. The lowest BCUT2D eigenvalue weighted by molar-refractivity contribution is -0.113. The van der Waals surface area contributed by atoms with Crippen LogP contribution < -0.4 is 5.73 Å². The van der Waals surface area contributed by atoms with Gasteiger partial charge in [0, 0.05) is 0 Å². The van der Waals surface area contributed by atoms with Crippen molar-refractivity contribution in [1.82, 2.24) is 0 Å². The van der Waals surface area contributed by atoms with E-state index in [1.54, 1.807) is 0 Å². The molecule has 2 nitrogen and oxygen atoms in total. The van der Waals surface area contributed by atoms with Crippen LogP contribution in [0.5, 0.6) is 0 Å². The molecule has 9 heavy (non-hydrogen) atoms. The van der Waals surface area contributed by atoms with E-state index in [1.165, 1.54) is 0 Å². The lowest BCUT2D eigenvalue weighted by Crippen LogP contribution is -2.28. The Labute approximate surface area is 65.2 Å². The minimum Gasteiger partial charge on any atom is -0.320 e. The highest BCUT2D eigenvalue weighted by atomic mass is 35.5. The molecule has 0 aromatic rings. The molecule has 0 bridgehead atoms. The summed E-state index contributed by atoms with van der Waals surface area (Å²) in [5, 5.41) is -0.396. The molecule has 2 N–H and O–H groups in total. The zero-order valence-corrected chi connectivity index (χ0v) is 6.41. The lowest BCUT2D eigenvalue weighted by Gasteiger charge is -1.99. The first-order valence-corrected chi connectivity index (χ1v) is 3.04. The normalized spacial score (nSPS) is 20.2. The third kappa shape index (κ3) is 2.52. The van der Waals surface area contributed by atoms with E-state index in [2.05, 4.69) is 0 Å². The van der Waals surface area contributed by atoms with Crippen molar-refractivity contribution in [3.05, 3.63) is 0 Å². The SMILES string of the molecule is Cl.N[C@H](C(=O)Cl)C1CC1. The zero-order valence-electron chi connectivity index (χ0n) is 4.84. The van der Waals surface area contributed by atoms with E-state index in [9.17, 15) is 4.79 Å². The molecule has 0 heterocycles. The molecular weight excluding hydrogens is 161 g/mol. The first kappa shape index (κ1) is 9.21. The molecule has 0 amide bonds. The van der Waals surface area contributed by atoms with Crippen LogP contribution in [0.15, 0.2) is 0 Å². The summed E-state index contributed by atoms with van der Waals surface area (Å²) >= 11 is 5.10. The van der Waals surface area contributed by atoms with E-state index in [0.29, 0.717) is 5.92 Å². The Morgan fingerprint density at radius 1 is 1.67 bits per heavy atom. The topological polar surface area (TPSA) is 43.1 Å². The standard InChI is InChI=1S/C5H8ClNO.ClH/c6-5(8)4(7)3-1-2-3;/h3-4H,1-2,7H2;1H/t4-;/m0./s1. The van der Waals surface area contributed by atoms with Crippen LogP contribution in [-0.4, -0.2) is 11.3 Å². The summed E-state index contributed by atoms with van der Waals surface area (Å²) in [6.07, 6.45) is 2.14. The van der Waals surface area contributed by atoms with Crippen molar-refractivity contribution in [1.29, 1.82) is 0 Å². The maximum atomic E-state index is 10.3. The Bertz CT molecular complexity index is 114. The smallest absolute Gasteiger partial charge is 0.238 e. The van der Waals surface area contributed by atoms with Crippen molar-refractivity contribution < 1.29 is 4.79 Å². The van der Waals surface area contributed by atoms with Crippen molar-refractivity contribution in [2.45, 2.75) is 18.9 Å². The van der Waals surface area contributed by atoms with Crippen molar-refractivity contribution in [3.8, 4) is 0 Å². The van der Waals surface area contributed by atoms with E-state index in [4.69, 9.17) is 17.3 Å². The van der Waals surface area contributed by atoms with Gasteiger partial charge in [0.25, 0.3) is 0 Å². The predicted molar refractivity (Wildman–Crippen MR) is 38.8 cm³/mol. The highest BCUT2D eigenvalue weighted by Crippen LogP contribution is 2.32. The van der Waals surface area contributed by atoms with E-state index in [0.717, 1.165) is 12.8 Å². The Kier molecular flexibility index (Phi) is 3.48. The fourth-order valence-electron chi connectivity index (χ4n) is 0.641. The molecule has 54 valence electrons. The Morgan fingerprint density at radius 2 is 2.11 bits per heavy atom. The van der Waals surface area contributed by atoms with E-state index in [1.807, 2.05) is 0 Å². The summed E-state index contributed by atoms with van der Waals surface area (Å²) in [4.78, 5) is 10.3. The molecule has 0 aromatic carbocycles. The van der Waals surface area contributed by atoms with Crippen LogP contribution in [0.1, 0.15) is 12.8 Å². The Hall–Kier alpha value is 0.210. The van der Waals surface area contributed by atoms with Gasteiger partial charge < -0.3 is 5.73 Å². The number of carbonyl (C=O) groups excluding carboxylic acids is 1. The number of rotatable bonds is 2. The predicted octanol–water partition coefficient (Wildman–Crippen LogP) is 0.911. The van der Waals surface area contributed by atoms with Gasteiger partial charge in [-0.05, 0) is 30.4 Å². The van der Waals surface area contributed by atoms with E-state index >= 15 is 0 Å². The first-order chi connectivity index (χ1) is 3.72. The van der Waals surface area contributed by atoms with Crippen molar-refractivity contribution in [3.63, 3.8) is 0 Å². The lowest BCUT2D eigenvalue weighted by atomic mass is 10.2. The second-order valence-corrected chi connectivity index (χ2v) is 2.54. The van der Waals surface area contributed by atoms with Gasteiger partial charge >= 0.3 is 0 Å². The van der Waals surface area contributed by atoms with Crippen LogP contribution in [0.4, 0.5) is 0 Å². The molecule has 1 aliphatic carbocycles. The molecule has 1 aliphatic rings. The molecule has 0 saturated heterocycles. The van der Waals surface area contributed by atoms with Crippen LogP contribution in [0, 0.1) is 5.92 Å². The molecular formula is C5H9Cl2NO. The third-order valence-corrected chi connectivity index (χ3v) is 1.64. The van der Waals surface area contributed by atoms with E-state index < -0.39 is 11.3 Å². The van der Waals surface area contributed by atoms with Crippen molar-refractivity contribution in [2.75, 3.05) is 0 Å². The van der Waals surface area contributed by atoms with Gasteiger partial charge in [0.15, 0.2) is 0 Å². The highest BCUT2D eigenvalue weighted by molar-refractivity contribution is 6.64. The minimum atomic E-state index is -0.396. The molecule has 0 aliphatic heterocycles. The zero-order chi connectivity index (χ0) is 6.15. The quantitative estimate of drug-likeness (QED) is 0.626. The van der Waals surface area contributed by atoms with Crippen LogP contribution in [-0.2, 0) is 4.79 Å². The summed E-state index contributed by atoms with van der Waals surface area (Å²) in [6.45, 7) is 0. The highest BCUT2D eigenvalue weighted by Gasteiger charge is 2.32. The van der Waals surface area contributed by atoms with Crippen LogP contribution >= 0.6 is 24.0 Å². The minimum absolute atomic E-state index is 0. The molecule has 1 fully saturated rings. The van der Waals surface area contributed by atoms with Gasteiger partial charge in [-0.2, -0.15) is 0 Å². The van der Waals surface area contributed by atoms with Gasteiger partial charge in [-0.15, -0.1) is 12.4 Å². The van der Waals surface area contributed by atoms with Gasteiger partial charge in [-0.25, -0.2) is 0 Å². The van der Waals surface area contributed by atoms with Crippen LogP contribution in [0.25, 0.3) is 0 Å². The fraction of sp³-hybridized carbons (Fsp3) is 0.800. The molecule has 1 rings (SSSR count). The summed E-state index contributed by atoms with van der Waals surface area (Å²) < 4.78 is 0. The van der Waals surface area contributed by atoms with Gasteiger partial charge in [0.05, 0.1) is 6.04 Å². The Balaban J connectivity index is 0.000000640. The molecule has 0 aromatic heterocycles. The largest absolute Gasteiger partial charge is 0.320 e. The molecule has 0 spiro atoms. The second kappa shape index (κ2) is 3.40. The molecule has 1 atom stereocenters. The van der Waals surface area contributed by atoms with Crippen LogP contribution in [0.3, 0.4) is 0 Å². The summed E-state index contributed by atoms with van der Waals surface area (Å²) in [5.74, 6) is 0.389. The number of hydrogen-bond acceptors (Lipinski definition) is 2. The monoisotopic (exact) mass is 169 g/mol. The number of carbonyl (C=O) groups is 1. The van der Waals surface area contributed by atoms with Gasteiger partial charge in [-0.3, -0.25) is 4.79 Å². The van der Waals surface area contributed by atoms with E-state index in [-0.39, 0.29) is 12.4 Å². The fourth-order valence-corrected chi connectivity index (χ4v) is 0.819. The van der Waals surface area contributed by atoms with Gasteiger partial charge in [-0.1, -0.05) is 0 Å². The van der Waals surface area contributed by atoms with Crippen molar-refractivity contribution in [2.24, 2.45) is 11.7 Å². The van der Waals surface area contributed by atoms with Gasteiger partial charge in [0.1, 0.15) is 0 Å². The summed E-state index contributed by atoms with van der Waals surface area (Å²) in [5.41, 5.74) is 5.34. The average molecular weight is 170 g/mol. The number of nitrogens with two attached hydrogens (primary N) is 1. The molecule has 0 radical (unpaired) electrons. The van der Waals surface area contributed by atoms with Crippen molar-refractivity contribution >= 4 is 29.3 Å². The second-order valence-electron chi connectivity index (χ2n) is 2.17. The third-order valence-electron chi connectivity index (χ3n) is 1.39. The first-order valence-electron chi connectivity index (χ1n) is 2.66. The Morgan fingerprint density at radius 3 is 2.22 bits per heavy atom. The van der Waals surface area contributed by atoms with Gasteiger partial charge in [0.2, 0.25) is 5.24 Å². The molecule has 4 heteroatoms.